The molecule has 0 radical (unpaired) electrons. The fourth-order valence-electron chi connectivity index (χ4n) is 2.54. The number of nitrogens with zero attached hydrogens (tertiary/aromatic N) is 1. The highest BCUT2D eigenvalue weighted by Gasteiger charge is 2.64. The lowest BCUT2D eigenvalue weighted by Gasteiger charge is -2.48. The van der Waals surface area contributed by atoms with Crippen LogP contribution in [0.4, 0.5) is 0 Å². The Morgan fingerprint density at radius 2 is 1.94 bits per heavy atom. The summed E-state index contributed by atoms with van der Waals surface area (Å²) in [6.07, 6.45) is 0.156. The number of carbonyl (C=O) groups excluding carboxylic acids is 1. The van der Waals surface area contributed by atoms with Crippen molar-refractivity contribution in [2.24, 2.45) is 5.92 Å². The molecule has 7 heteroatoms. The quantitative estimate of drug-likeness (QED) is 0.648. The van der Waals surface area contributed by atoms with Crippen LogP contribution in [0.5, 0.6) is 0 Å². The van der Waals surface area contributed by atoms with Gasteiger partial charge in [-0.1, -0.05) is 0 Å². The Kier molecular flexibility index (Phi) is 2.27. The van der Waals surface area contributed by atoms with E-state index in [2.05, 4.69) is 0 Å². The summed E-state index contributed by atoms with van der Waals surface area (Å²) in [4.78, 5) is 23.4. The fraction of sp³-hybridized carbons (Fsp3) is 0.778. The Balaban J connectivity index is 2.30. The standard InChI is InChI=1S/C9H13NO5S/c1-6(11)10-4-9(5-10)7(8(12)13)2-3-16(9,14)15/h7H,2-5H2,1H3,(H,12,13). The molecular weight excluding hydrogens is 234 g/mol. The number of sulfone groups is 1. The van der Waals surface area contributed by atoms with Gasteiger partial charge in [0.05, 0.1) is 11.7 Å². The van der Waals surface area contributed by atoms with Crippen LogP contribution in [-0.2, 0) is 19.4 Å². The van der Waals surface area contributed by atoms with Crippen LogP contribution in [0.2, 0.25) is 0 Å². The second-order valence-corrected chi connectivity index (χ2v) is 6.89. The zero-order valence-electron chi connectivity index (χ0n) is 8.84. The zero-order chi connectivity index (χ0) is 12.1. The molecule has 1 spiro atoms. The van der Waals surface area contributed by atoms with Gasteiger partial charge in [0.1, 0.15) is 4.75 Å². The maximum absolute atomic E-state index is 11.8. The molecule has 2 fully saturated rings. The molecule has 16 heavy (non-hydrogen) atoms. The molecule has 90 valence electrons. The topological polar surface area (TPSA) is 91.8 Å². The fourth-order valence-corrected chi connectivity index (χ4v) is 4.85. The summed E-state index contributed by atoms with van der Waals surface area (Å²) in [5.74, 6) is -2.25. The Morgan fingerprint density at radius 3 is 2.38 bits per heavy atom. The molecule has 2 heterocycles. The van der Waals surface area contributed by atoms with E-state index in [1.807, 2.05) is 0 Å². The largest absolute Gasteiger partial charge is 0.481 e. The van der Waals surface area contributed by atoms with Crippen molar-refractivity contribution < 1.29 is 23.1 Å². The van der Waals surface area contributed by atoms with Crippen LogP contribution in [0.3, 0.4) is 0 Å². The number of amides is 1. The Labute approximate surface area is 93.1 Å². The lowest BCUT2D eigenvalue weighted by Crippen LogP contribution is -2.69. The zero-order valence-corrected chi connectivity index (χ0v) is 9.66. The van der Waals surface area contributed by atoms with Gasteiger partial charge in [-0.3, -0.25) is 9.59 Å². The third-order valence-corrected chi connectivity index (χ3v) is 6.14. The third kappa shape index (κ3) is 1.27. The minimum absolute atomic E-state index is 0.0294. The Morgan fingerprint density at radius 1 is 1.38 bits per heavy atom. The van der Waals surface area contributed by atoms with Crippen LogP contribution in [0, 0.1) is 5.92 Å². The van der Waals surface area contributed by atoms with Crippen molar-refractivity contribution in [3.8, 4) is 0 Å². The van der Waals surface area contributed by atoms with Crippen LogP contribution >= 0.6 is 0 Å². The van der Waals surface area contributed by atoms with E-state index in [9.17, 15) is 18.0 Å². The normalized spacial score (nSPS) is 30.1. The van der Waals surface area contributed by atoms with E-state index in [1.165, 1.54) is 11.8 Å². The molecule has 2 aliphatic rings. The second kappa shape index (κ2) is 3.19. The molecule has 1 unspecified atom stereocenters. The van der Waals surface area contributed by atoms with E-state index in [4.69, 9.17) is 5.11 Å². The lowest BCUT2D eigenvalue weighted by atomic mass is 9.83. The van der Waals surface area contributed by atoms with Gasteiger partial charge < -0.3 is 10.0 Å². The highest BCUT2D eigenvalue weighted by molar-refractivity contribution is 7.93. The molecule has 2 rings (SSSR count). The van der Waals surface area contributed by atoms with Crippen molar-refractivity contribution in [1.29, 1.82) is 0 Å². The minimum Gasteiger partial charge on any atom is -0.481 e. The van der Waals surface area contributed by atoms with Gasteiger partial charge in [-0.15, -0.1) is 0 Å². The van der Waals surface area contributed by atoms with Crippen molar-refractivity contribution in [1.82, 2.24) is 4.90 Å². The van der Waals surface area contributed by atoms with Crippen LogP contribution in [0.15, 0.2) is 0 Å². The summed E-state index contributed by atoms with van der Waals surface area (Å²) in [5, 5.41) is 9.00. The average Bonchev–Trinajstić information content (AvgIpc) is 2.33. The number of aliphatic carboxylic acids is 1. The molecule has 1 amide bonds. The highest BCUT2D eigenvalue weighted by atomic mass is 32.2. The summed E-state index contributed by atoms with van der Waals surface area (Å²) in [5.41, 5.74) is 0. The number of hydrogen-bond donors (Lipinski definition) is 1. The number of carboxylic acid groups (broad SMARTS) is 1. The predicted molar refractivity (Wildman–Crippen MR) is 54.5 cm³/mol. The van der Waals surface area contributed by atoms with Gasteiger partial charge in [0.2, 0.25) is 5.91 Å². The van der Waals surface area contributed by atoms with Crippen LogP contribution in [-0.4, -0.2) is 53.9 Å². The van der Waals surface area contributed by atoms with Gasteiger partial charge in [-0.05, 0) is 6.42 Å². The smallest absolute Gasteiger partial charge is 0.308 e. The van der Waals surface area contributed by atoms with Crippen molar-refractivity contribution in [3.63, 3.8) is 0 Å². The minimum atomic E-state index is -3.39. The van der Waals surface area contributed by atoms with E-state index in [1.54, 1.807) is 0 Å². The molecule has 1 atom stereocenters. The van der Waals surface area contributed by atoms with Crippen LogP contribution in [0.1, 0.15) is 13.3 Å². The number of carbonyl (C=O) groups is 2. The molecular formula is C9H13NO5S. The molecule has 2 saturated heterocycles. The van der Waals surface area contributed by atoms with E-state index in [0.717, 1.165) is 0 Å². The molecule has 0 aromatic heterocycles. The maximum atomic E-state index is 11.8. The molecule has 0 bridgehead atoms. The number of rotatable bonds is 1. The van der Waals surface area contributed by atoms with Crippen molar-refractivity contribution in [2.45, 2.75) is 18.1 Å². The number of carboxylic acids is 1. The van der Waals surface area contributed by atoms with E-state index in [0.29, 0.717) is 0 Å². The first-order valence-corrected chi connectivity index (χ1v) is 6.66. The molecule has 0 aromatic carbocycles. The third-order valence-electron chi connectivity index (χ3n) is 3.59. The highest BCUT2D eigenvalue weighted by Crippen LogP contribution is 2.44. The van der Waals surface area contributed by atoms with Crippen molar-refractivity contribution >= 4 is 21.7 Å². The SMILES string of the molecule is CC(=O)N1CC2(C1)C(C(=O)O)CCS2(=O)=O. The van der Waals surface area contributed by atoms with Gasteiger partial charge in [-0.25, -0.2) is 8.42 Å². The summed E-state index contributed by atoms with van der Waals surface area (Å²) in [6.45, 7) is 1.41. The predicted octanol–water partition coefficient (Wildman–Crippen LogP) is -0.893. The van der Waals surface area contributed by atoms with Crippen LogP contribution in [0.25, 0.3) is 0 Å². The van der Waals surface area contributed by atoms with E-state index < -0.39 is 26.5 Å². The van der Waals surface area contributed by atoms with E-state index >= 15 is 0 Å². The summed E-state index contributed by atoms with van der Waals surface area (Å²) in [7, 11) is -3.39. The molecule has 0 aliphatic carbocycles. The summed E-state index contributed by atoms with van der Waals surface area (Å²) < 4.78 is 22.5. The molecule has 2 aliphatic heterocycles. The summed E-state index contributed by atoms with van der Waals surface area (Å²) >= 11 is 0. The second-order valence-electron chi connectivity index (χ2n) is 4.44. The first-order chi connectivity index (χ1) is 7.30. The lowest BCUT2D eigenvalue weighted by molar-refractivity contribution is -0.148. The molecule has 0 saturated carbocycles. The van der Waals surface area contributed by atoms with Crippen molar-refractivity contribution in [2.75, 3.05) is 18.8 Å². The van der Waals surface area contributed by atoms with Gasteiger partial charge >= 0.3 is 5.97 Å². The van der Waals surface area contributed by atoms with Gasteiger partial charge in [0.15, 0.2) is 9.84 Å². The maximum Gasteiger partial charge on any atom is 0.308 e. The van der Waals surface area contributed by atoms with Crippen LogP contribution < -0.4 is 0 Å². The Bertz CT molecular complexity index is 449. The van der Waals surface area contributed by atoms with Gasteiger partial charge in [0.25, 0.3) is 0 Å². The average molecular weight is 247 g/mol. The first-order valence-electron chi connectivity index (χ1n) is 5.01. The van der Waals surface area contributed by atoms with Gasteiger partial charge in [-0.2, -0.15) is 0 Å². The molecule has 1 N–H and O–H groups in total. The van der Waals surface area contributed by atoms with Gasteiger partial charge in [0, 0.05) is 20.0 Å². The van der Waals surface area contributed by atoms with E-state index in [-0.39, 0.29) is 31.2 Å². The number of likely N-dealkylation sites (tertiary alicyclic amines) is 1. The monoisotopic (exact) mass is 247 g/mol. The number of hydrogen-bond acceptors (Lipinski definition) is 4. The van der Waals surface area contributed by atoms with Crippen molar-refractivity contribution in [3.05, 3.63) is 0 Å². The molecule has 0 aromatic rings. The molecule has 6 nitrogen and oxygen atoms in total. The Hall–Kier alpha value is -1.11. The summed E-state index contributed by atoms with van der Waals surface area (Å²) in [6, 6.07) is 0. The first kappa shape index (κ1) is 11.4.